The average molecular weight is 509 g/mol. The van der Waals surface area contributed by atoms with Gasteiger partial charge in [-0.3, -0.25) is 0 Å². The van der Waals surface area contributed by atoms with Crippen LogP contribution in [0.2, 0.25) is 0 Å². The van der Waals surface area contributed by atoms with Gasteiger partial charge in [-0.05, 0) is 103 Å². The minimum Gasteiger partial charge on any atom is -0.467 e. The summed E-state index contributed by atoms with van der Waals surface area (Å²) in [6.45, 7) is 15.0. The second kappa shape index (κ2) is 10.8. The van der Waals surface area contributed by atoms with Crippen LogP contribution in [-0.4, -0.2) is 39.3 Å². The molecule has 4 rings (SSSR count). The summed E-state index contributed by atoms with van der Waals surface area (Å²) >= 11 is 0. The summed E-state index contributed by atoms with van der Waals surface area (Å²) in [5.74, 6) is 4.27. The van der Waals surface area contributed by atoms with Crippen molar-refractivity contribution in [3.05, 3.63) is 0 Å². The molecule has 0 aromatic carbocycles. The lowest BCUT2D eigenvalue weighted by Crippen LogP contribution is -2.63. The molecule has 0 aliphatic heterocycles. The molecule has 0 radical (unpaired) electrons. The smallest absolute Gasteiger partial charge is 0.340 e. The summed E-state index contributed by atoms with van der Waals surface area (Å²) in [6.07, 6.45) is 7.68. The number of carbonyl (C=O) groups excluding carboxylic acids is 1. The van der Waals surface area contributed by atoms with Crippen molar-refractivity contribution in [2.24, 2.45) is 64.1 Å². The zero-order valence-corrected chi connectivity index (χ0v) is 24.2. The fourth-order valence-electron chi connectivity index (χ4n) is 10.5. The molecule has 4 aliphatic carbocycles. The largest absolute Gasteiger partial charge is 0.467 e. The van der Waals surface area contributed by atoms with Crippen molar-refractivity contribution in [2.45, 2.75) is 105 Å². The van der Waals surface area contributed by atoms with Crippen molar-refractivity contribution in [1.82, 2.24) is 0 Å². The number of halogens is 1. The summed E-state index contributed by atoms with van der Waals surface area (Å²) in [7, 11) is 3.02. The number of methoxy groups -OCH3 is 2. The van der Waals surface area contributed by atoms with Crippen LogP contribution in [0, 0.1) is 64.1 Å². The van der Waals surface area contributed by atoms with Crippen LogP contribution >= 0.6 is 0 Å². The first-order valence-corrected chi connectivity index (χ1v) is 14.9. The van der Waals surface area contributed by atoms with E-state index < -0.39 is 12.1 Å². The summed E-state index contributed by atoms with van der Waals surface area (Å²) in [5.41, 5.74) is 0.507. The fraction of sp³-hybridized carbons (Fsp3) is 0.968. The Labute approximate surface area is 219 Å². The molecule has 0 aromatic rings. The van der Waals surface area contributed by atoms with Gasteiger partial charge >= 0.3 is 5.97 Å². The highest BCUT2D eigenvalue weighted by atomic mass is 19.1. The quantitative estimate of drug-likeness (QED) is 0.255. The van der Waals surface area contributed by atoms with E-state index in [1.165, 1.54) is 39.2 Å². The summed E-state index contributed by atoms with van der Waals surface area (Å²) in [5, 5.41) is 0. The first-order valence-electron chi connectivity index (χ1n) is 14.9. The van der Waals surface area contributed by atoms with Crippen LogP contribution in [0.4, 0.5) is 4.39 Å². The van der Waals surface area contributed by atoms with Crippen LogP contribution in [0.1, 0.15) is 92.9 Å². The molecule has 0 saturated heterocycles. The van der Waals surface area contributed by atoms with Gasteiger partial charge in [0.05, 0.1) is 13.2 Å². The molecule has 5 heteroatoms. The summed E-state index contributed by atoms with van der Waals surface area (Å²) in [6, 6.07) is 0. The van der Waals surface area contributed by atoms with E-state index in [-0.39, 0.29) is 23.9 Å². The highest BCUT2D eigenvalue weighted by molar-refractivity contribution is 5.74. The maximum Gasteiger partial charge on any atom is 0.340 e. The molecular weight excluding hydrogens is 455 g/mol. The van der Waals surface area contributed by atoms with Crippen LogP contribution in [0.25, 0.3) is 0 Å². The van der Waals surface area contributed by atoms with Gasteiger partial charge < -0.3 is 14.2 Å². The second-order valence-electron chi connectivity index (χ2n) is 13.8. The molecule has 4 unspecified atom stereocenters. The van der Waals surface area contributed by atoms with Gasteiger partial charge in [-0.2, -0.15) is 0 Å². The molecule has 0 amide bonds. The lowest BCUT2D eigenvalue weighted by Gasteiger charge is -2.67. The molecule has 208 valence electrons. The van der Waals surface area contributed by atoms with Gasteiger partial charge in [0, 0.05) is 7.11 Å². The molecule has 0 N–H and O–H groups in total. The Morgan fingerprint density at radius 3 is 2.42 bits per heavy atom. The molecule has 4 nitrogen and oxygen atoms in total. The van der Waals surface area contributed by atoms with E-state index in [1.54, 1.807) is 7.11 Å². The Morgan fingerprint density at radius 2 is 1.78 bits per heavy atom. The molecular formula is C31H53FO4. The van der Waals surface area contributed by atoms with Gasteiger partial charge in [-0.15, -0.1) is 0 Å². The SMILES string of the molecule is CC[C@H]1C(OCOC)C2C3CC[C@H]([C@H](C)C[C@@H](F)C(=O)OC)[C@@]3(C)[C@@H](C)CC2[C@@]2(C)CC[C@@H](C)C[C@@H]12. The van der Waals surface area contributed by atoms with Crippen LogP contribution in [0.3, 0.4) is 0 Å². The maximum atomic E-state index is 14.7. The third kappa shape index (κ3) is 4.46. The number of carbonyl (C=O) groups is 1. The zero-order chi connectivity index (χ0) is 26.4. The lowest BCUT2D eigenvalue weighted by atomic mass is 9.39. The first-order chi connectivity index (χ1) is 17.0. The van der Waals surface area contributed by atoms with Gasteiger partial charge in [0.15, 0.2) is 6.17 Å². The number of ether oxygens (including phenoxy) is 3. The highest BCUT2D eigenvalue weighted by Gasteiger charge is 2.67. The van der Waals surface area contributed by atoms with E-state index in [0.29, 0.717) is 47.7 Å². The van der Waals surface area contributed by atoms with Crippen LogP contribution < -0.4 is 0 Å². The van der Waals surface area contributed by atoms with E-state index in [0.717, 1.165) is 24.7 Å². The van der Waals surface area contributed by atoms with E-state index in [1.807, 2.05) is 0 Å². The zero-order valence-electron chi connectivity index (χ0n) is 24.2. The van der Waals surface area contributed by atoms with Gasteiger partial charge in [0.2, 0.25) is 0 Å². The number of hydrogen-bond acceptors (Lipinski definition) is 4. The minimum atomic E-state index is -1.53. The average Bonchev–Trinajstić information content (AvgIpc) is 3.21. The summed E-state index contributed by atoms with van der Waals surface area (Å²) in [4.78, 5) is 11.9. The topological polar surface area (TPSA) is 44.8 Å². The number of hydrogen-bond donors (Lipinski definition) is 0. The highest BCUT2D eigenvalue weighted by Crippen LogP contribution is 2.71. The maximum absolute atomic E-state index is 14.7. The van der Waals surface area contributed by atoms with E-state index in [2.05, 4.69) is 41.5 Å². The standard InChI is InChI=1S/C31H53FO4/c1-9-21-24-14-18(2)12-13-30(24,5)25-16-20(4)31(6)22(19(3)15-26(32)29(33)35-8)10-11-23(31)27(25)28(21)36-17-34-7/h18-28H,9-17H2,1-8H3/t18-,19-,20+,21-,22-,23?,24+,25?,26-,27?,28?,30+,31-/m1/s1. The molecule has 4 saturated carbocycles. The van der Waals surface area contributed by atoms with Gasteiger partial charge in [0.1, 0.15) is 6.79 Å². The number of esters is 1. The summed E-state index contributed by atoms with van der Waals surface area (Å²) < 4.78 is 31.5. The van der Waals surface area contributed by atoms with Crippen molar-refractivity contribution < 1.29 is 23.4 Å². The third-order valence-corrected chi connectivity index (χ3v) is 12.4. The molecule has 0 bridgehead atoms. The lowest BCUT2D eigenvalue weighted by molar-refractivity contribution is -0.240. The molecule has 36 heavy (non-hydrogen) atoms. The van der Waals surface area contributed by atoms with E-state index in [9.17, 15) is 9.18 Å². The molecule has 4 aliphatic rings. The van der Waals surface area contributed by atoms with Crippen LogP contribution in [-0.2, 0) is 19.0 Å². The van der Waals surface area contributed by atoms with Crippen molar-refractivity contribution in [3.8, 4) is 0 Å². The monoisotopic (exact) mass is 508 g/mol. The Hall–Kier alpha value is -0.680. The minimum absolute atomic E-state index is 0.133. The molecule has 0 heterocycles. The van der Waals surface area contributed by atoms with Crippen LogP contribution in [0.15, 0.2) is 0 Å². The van der Waals surface area contributed by atoms with E-state index in [4.69, 9.17) is 14.2 Å². The Bertz CT molecular complexity index is 774. The van der Waals surface area contributed by atoms with Gasteiger partial charge in [-0.25, -0.2) is 9.18 Å². The molecule has 4 fully saturated rings. The van der Waals surface area contributed by atoms with Crippen LogP contribution in [0.5, 0.6) is 0 Å². The van der Waals surface area contributed by atoms with Gasteiger partial charge in [0.25, 0.3) is 0 Å². The predicted octanol–water partition coefficient (Wildman–Crippen LogP) is 7.30. The van der Waals surface area contributed by atoms with E-state index >= 15 is 0 Å². The van der Waals surface area contributed by atoms with Crippen molar-refractivity contribution >= 4 is 5.97 Å². The second-order valence-corrected chi connectivity index (χ2v) is 13.8. The Kier molecular flexibility index (Phi) is 8.52. The van der Waals surface area contributed by atoms with Gasteiger partial charge in [-0.1, -0.05) is 54.4 Å². The number of fused-ring (bicyclic) bond motifs is 5. The van der Waals surface area contributed by atoms with Crippen molar-refractivity contribution in [2.75, 3.05) is 21.0 Å². The fourth-order valence-corrected chi connectivity index (χ4v) is 10.5. The van der Waals surface area contributed by atoms with Crippen molar-refractivity contribution in [1.29, 1.82) is 0 Å². The predicted molar refractivity (Wildman–Crippen MR) is 141 cm³/mol. The Balaban J connectivity index is 1.69. The third-order valence-electron chi connectivity index (χ3n) is 12.4. The molecule has 13 atom stereocenters. The number of alkyl halides is 1. The first kappa shape index (κ1) is 28.3. The molecule has 0 spiro atoms. The normalized spacial score (nSPS) is 47.9. The molecule has 0 aromatic heterocycles. The Morgan fingerprint density at radius 1 is 1.06 bits per heavy atom. The number of rotatable bonds is 8. The van der Waals surface area contributed by atoms with Crippen molar-refractivity contribution in [3.63, 3.8) is 0 Å².